The van der Waals surface area contributed by atoms with Crippen LogP contribution in [0, 0.1) is 0 Å². The summed E-state index contributed by atoms with van der Waals surface area (Å²) < 4.78 is 53.0. The lowest BCUT2D eigenvalue weighted by atomic mass is 9.95. The minimum absolute atomic E-state index is 0.0354. The highest BCUT2D eigenvalue weighted by atomic mass is 19.4. The number of pyridine rings is 1. The minimum atomic E-state index is -4.77. The van der Waals surface area contributed by atoms with Gasteiger partial charge < -0.3 is 14.2 Å². The highest BCUT2D eigenvalue weighted by Gasteiger charge is 2.49. The summed E-state index contributed by atoms with van der Waals surface area (Å²) in [6.45, 7) is 5.98. The summed E-state index contributed by atoms with van der Waals surface area (Å²) >= 11 is 0. The van der Waals surface area contributed by atoms with Gasteiger partial charge >= 0.3 is 6.36 Å². The van der Waals surface area contributed by atoms with Gasteiger partial charge in [-0.1, -0.05) is 0 Å². The Hall–Kier alpha value is -1.54. The molecule has 1 aromatic rings. The van der Waals surface area contributed by atoms with Crippen LogP contribution in [0.1, 0.15) is 39.5 Å². The van der Waals surface area contributed by atoms with Gasteiger partial charge in [0.05, 0.1) is 12.7 Å². The Bertz CT molecular complexity index is 612. The van der Waals surface area contributed by atoms with Gasteiger partial charge in [-0.15, -0.1) is 13.2 Å². The van der Waals surface area contributed by atoms with Crippen LogP contribution in [0.4, 0.5) is 13.2 Å². The Morgan fingerprint density at radius 3 is 2.88 bits per heavy atom. The van der Waals surface area contributed by atoms with E-state index in [0.29, 0.717) is 6.61 Å². The summed E-state index contributed by atoms with van der Waals surface area (Å²) in [5.41, 5.74) is 0.0354. The first-order valence-electron chi connectivity index (χ1n) is 9.01. The normalized spacial score (nSPS) is 26.3. The van der Waals surface area contributed by atoms with Gasteiger partial charge in [0.2, 0.25) is 0 Å². The molecule has 0 N–H and O–H groups in total. The van der Waals surface area contributed by atoms with Crippen LogP contribution < -0.4 is 9.47 Å². The van der Waals surface area contributed by atoms with Gasteiger partial charge in [-0.2, -0.15) is 0 Å². The highest BCUT2D eigenvalue weighted by Crippen LogP contribution is 2.43. The summed E-state index contributed by atoms with van der Waals surface area (Å²) in [5.74, 6) is -0.534. The second kappa shape index (κ2) is 7.60. The van der Waals surface area contributed by atoms with Crippen LogP contribution in [0.3, 0.4) is 0 Å². The van der Waals surface area contributed by atoms with Crippen molar-refractivity contribution in [2.75, 3.05) is 19.8 Å². The summed E-state index contributed by atoms with van der Waals surface area (Å²) in [5, 5.41) is 0. The molecule has 3 rings (SSSR count). The van der Waals surface area contributed by atoms with Crippen LogP contribution in [-0.4, -0.2) is 53.7 Å². The summed E-state index contributed by atoms with van der Waals surface area (Å²) in [7, 11) is 0. The molecule has 8 heteroatoms. The van der Waals surface area contributed by atoms with E-state index >= 15 is 0 Å². The van der Waals surface area contributed by atoms with Crippen molar-refractivity contribution in [3.63, 3.8) is 0 Å². The van der Waals surface area contributed by atoms with Crippen molar-refractivity contribution in [1.29, 1.82) is 0 Å². The van der Waals surface area contributed by atoms with Crippen molar-refractivity contribution in [3.05, 3.63) is 18.3 Å². The Morgan fingerprint density at radius 2 is 2.15 bits per heavy atom. The van der Waals surface area contributed by atoms with Crippen molar-refractivity contribution in [2.24, 2.45) is 0 Å². The van der Waals surface area contributed by atoms with Gasteiger partial charge in [0.15, 0.2) is 5.75 Å². The second-order valence-corrected chi connectivity index (χ2v) is 7.24. The van der Waals surface area contributed by atoms with Crippen molar-refractivity contribution in [2.45, 2.75) is 63.6 Å². The number of aromatic nitrogens is 1. The molecule has 2 fully saturated rings. The maximum Gasteiger partial charge on any atom is 0.573 e. The van der Waals surface area contributed by atoms with E-state index in [2.05, 4.69) is 14.6 Å². The first kappa shape index (κ1) is 19.2. The lowest BCUT2D eigenvalue weighted by Gasteiger charge is -2.35. The number of rotatable bonds is 7. The van der Waals surface area contributed by atoms with Crippen LogP contribution in [0.2, 0.25) is 0 Å². The van der Waals surface area contributed by atoms with E-state index in [1.165, 1.54) is 18.3 Å². The molecule has 0 aliphatic carbocycles. The van der Waals surface area contributed by atoms with Crippen molar-refractivity contribution in [1.82, 2.24) is 9.88 Å². The maximum atomic E-state index is 12.5. The highest BCUT2D eigenvalue weighted by molar-refractivity contribution is 5.32. The fraction of sp³-hybridized carbons (Fsp3) is 0.722. The predicted octanol–water partition coefficient (Wildman–Crippen LogP) is 3.78. The Morgan fingerprint density at radius 1 is 1.35 bits per heavy atom. The van der Waals surface area contributed by atoms with Crippen LogP contribution >= 0.6 is 0 Å². The Kier molecular flexibility index (Phi) is 5.62. The largest absolute Gasteiger partial charge is 0.573 e. The third kappa shape index (κ3) is 4.40. The molecule has 0 spiro atoms. The molecule has 2 saturated heterocycles. The van der Waals surface area contributed by atoms with Crippen LogP contribution in [-0.2, 0) is 4.74 Å². The first-order valence-corrected chi connectivity index (χ1v) is 9.01. The maximum absolute atomic E-state index is 12.5. The molecule has 3 heterocycles. The van der Waals surface area contributed by atoms with E-state index < -0.39 is 12.1 Å². The van der Waals surface area contributed by atoms with Gasteiger partial charge in [0.25, 0.3) is 5.88 Å². The van der Waals surface area contributed by atoms with Gasteiger partial charge in [0.1, 0.15) is 6.61 Å². The van der Waals surface area contributed by atoms with Crippen LogP contribution in [0.25, 0.3) is 0 Å². The molecule has 5 nitrogen and oxygen atoms in total. The lowest BCUT2D eigenvalue weighted by Crippen LogP contribution is -2.47. The average molecular weight is 374 g/mol. The topological polar surface area (TPSA) is 43.8 Å². The number of halogens is 3. The number of nitrogens with zero attached hydrogens (tertiary/aromatic N) is 2. The zero-order chi connectivity index (χ0) is 18.8. The van der Waals surface area contributed by atoms with Crippen molar-refractivity contribution >= 4 is 0 Å². The van der Waals surface area contributed by atoms with Gasteiger partial charge in [-0.3, -0.25) is 4.90 Å². The molecule has 1 aromatic heterocycles. The zero-order valence-corrected chi connectivity index (χ0v) is 15.1. The van der Waals surface area contributed by atoms with E-state index in [1.807, 2.05) is 13.8 Å². The van der Waals surface area contributed by atoms with Crippen molar-refractivity contribution in [3.8, 4) is 11.6 Å². The summed E-state index contributed by atoms with van der Waals surface area (Å²) in [6.07, 6.45) is 0.937. The van der Waals surface area contributed by atoms with Gasteiger partial charge in [-0.25, -0.2) is 4.98 Å². The molecule has 2 aliphatic rings. The molecule has 0 radical (unpaired) electrons. The SMILES string of the molecule is CC(C)OCC12CCCN1C(COc1ncccc1OC(F)(F)F)CC2. The Balaban J connectivity index is 1.63. The molecular weight excluding hydrogens is 349 g/mol. The summed E-state index contributed by atoms with van der Waals surface area (Å²) in [6, 6.07) is 2.74. The van der Waals surface area contributed by atoms with Crippen LogP contribution in [0.5, 0.6) is 11.6 Å². The molecule has 0 saturated carbocycles. The third-order valence-electron chi connectivity index (χ3n) is 5.09. The van der Waals surface area contributed by atoms with Gasteiger partial charge in [0, 0.05) is 17.8 Å². The number of hydrogen-bond acceptors (Lipinski definition) is 5. The second-order valence-electron chi connectivity index (χ2n) is 7.24. The molecule has 26 heavy (non-hydrogen) atoms. The predicted molar refractivity (Wildman–Crippen MR) is 89.2 cm³/mol. The minimum Gasteiger partial charge on any atom is -0.473 e. The fourth-order valence-corrected chi connectivity index (χ4v) is 3.97. The Labute approximate surface area is 151 Å². The van der Waals surface area contributed by atoms with Crippen LogP contribution in [0.15, 0.2) is 18.3 Å². The van der Waals surface area contributed by atoms with Gasteiger partial charge in [-0.05, 0) is 58.2 Å². The smallest absolute Gasteiger partial charge is 0.473 e. The van der Waals surface area contributed by atoms with E-state index in [1.54, 1.807) is 0 Å². The summed E-state index contributed by atoms with van der Waals surface area (Å²) in [4.78, 5) is 6.30. The molecule has 2 unspecified atom stereocenters. The number of alkyl halides is 3. The molecule has 2 aliphatic heterocycles. The number of hydrogen-bond donors (Lipinski definition) is 0. The molecule has 2 atom stereocenters. The molecule has 146 valence electrons. The van der Waals surface area contributed by atoms with E-state index in [0.717, 1.165) is 32.2 Å². The van der Waals surface area contributed by atoms with E-state index in [4.69, 9.17) is 9.47 Å². The third-order valence-corrected chi connectivity index (χ3v) is 5.09. The number of fused-ring (bicyclic) bond motifs is 1. The zero-order valence-electron chi connectivity index (χ0n) is 15.1. The standard InChI is InChI=1S/C18H25F3N2O3/c1-13(2)25-12-17-7-4-10-23(17)14(6-8-17)11-24-16-15(5-3-9-22-16)26-18(19,20)21/h3,5,9,13-14H,4,6-8,10-12H2,1-2H3. The molecular formula is C18H25F3N2O3. The average Bonchev–Trinajstić information content (AvgIpc) is 3.10. The first-order chi connectivity index (χ1) is 12.3. The fourth-order valence-electron chi connectivity index (χ4n) is 3.97. The lowest BCUT2D eigenvalue weighted by molar-refractivity contribution is -0.275. The molecule has 0 aromatic carbocycles. The monoisotopic (exact) mass is 374 g/mol. The quantitative estimate of drug-likeness (QED) is 0.727. The van der Waals surface area contributed by atoms with E-state index in [9.17, 15) is 13.2 Å². The molecule has 0 bridgehead atoms. The molecule has 0 amide bonds. The van der Waals surface area contributed by atoms with Crippen molar-refractivity contribution < 1.29 is 27.4 Å². The van der Waals surface area contributed by atoms with E-state index in [-0.39, 0.29) is 30.2 Å². The number of ether oxygens (including phenoxy) is 3.